The minimum atomic E-state index is -0.707. The van der Waals surface area contributed by atoms with E-state index in [-0.39, 0.29) is 12.4 Å². The van der Waals surface area contributed by atoms with Crippen LogP contribution in [0.1, 0.15) is 28.7 Å². The van der Waals surface area contributed by atoms with Crippen molar-refractivity contribution < 1.29 is 19.4 Å². The summed E-state index contributed by atoms with van der Waals surface area (Å²) in [5.41, 5.74) is 1.71. The standard InChI is InChI=1S/C22H25N3O4S/c1-15(26)17-9-10-19(20(12-17)28-3)29-13-18(27)14-30-22-24-23-21(25(22)2)11-16-7-5-4-6-8-16/h4-10,12,18,27H,11,13-14H2,1-3H3. The number of ether oxygens (including phenoxy) is 2. The van der Waals surface area contributed by atoms with E-state index in [0.717, 1.165) is 11.0 Å². The Bertz CT molecular complexity index is 991. The molecule has 3 rings (SSSR count). The number of hydrogen-bond acceptors (Lipinski definition) is 7. The van der Waals surface area contributed by atoms with Gasteiger partial charge >= 0.3 is 0 Å². The molecule has 0 fully saturated rings. The zero-order valence-electron chi connectivity index (χ0n) is 17.2. The molecule has 0 spiro atoms. The van der Waals surface area contributed by atoms with E-state index in [9.17, 15) is 9.90 Å². The molecule has 0 saturated carbocycles. The van der Waals surface area contributed by atoms with E-state index >= 15 is 0 Å². The highest BCUT2D eigenvalue weighted by Gasteiger charge is 2.14. The Hall–Kier alpha value is -2.84. The van der Waals surface area contributed by atoms with Gasteiger partial charge in [-0.15, -0.1) is 10.2 Å². The fraction of sp³-hybridized carbons (Fsp3) is 0.318. The molecule has 1 N–H and O–H groups in total. The number of thioether (sulfide) groups is 1. The van der Waals surface area contributed by atoms with Crippen LogP contribution >= 0.6 is 11.8 Å². The van der Waals surface area contributed by atoms with Gasteiger partial charge in [0.25, 0.3) is 0 Å². The Morgan fingerprint density at radius 3 is 2.63 bits per heavy atom. The maximum Gasteiger partial charge on any atom is 0.191 e. The largest absolute Gasteiger partial charge is 0.493 e. The predicted octanol–water partition coefficient (Wildman–Crippen LogP) is 3.15. The molecule has 1 atom stereocenters. The summed E-state index contributed by atoms with van der Waals surface area (Å²) in [6.07, 6.45) is -0.00597. The first-order valence-corrected chi connectivity index (χ1v) is 10.5. The number of ketones is 1. The van der Waals surface area contributed by atoms with Gasteiger partial charge in [-0.05, 0) is 30.7 Å². The van der Waals surface area contributed by atoms with E-state index in [1.807, 2.05) is 29.8 Å². The first-order chi connectivity index (χ1) is 14.5. The lowest BCUT2D eigenvalue weighted by molar-refractivity contribution is 0.101. The number of rotatable bonds is 10. The number of nitrogens with zero attached hydrogens (tertiary/aromatic N) is 3. The van der Waals surface area contributed by atoms with E-state index in [0.29, 0.717) is 29.2 Å². The van der Waals surface area contributed by atoms with Crippen LogP contribution in [0.2, 0.25) is 0 Å². The second kappa shape index (κ2) is 10.3. The number of aliphatic hydroxyl groups is 1. The fourth-order valence-electron chi connectivity index (χ4n) is 2.81. The SMILES string of the molecule is COc1cc(C(C)=O)ccc1OCC(O)CSc1nnc(Cc2ccccc2)n1C. The van der Waals surface area contributed by atoms with Gasteiger partial charge in [0.05, 0.1) is 13.2 Å². The third-order valence-corrected chi connectivity index (χ3v) is 5.70. The number of carbonyl (C=O) groups excluding carboxylic acids is 1. The zero-order valence-corrected chi connectivity index (χ0v) is 18.1. The second-order valence-corrected chi connectivity index (χ2v) is 7.81. The van der Waals surface area contributed by atoms with Crippen LogP contribution in [-0.2, 0) is 13.5 Å². The quantitative estimate of drug-likeness (QED) is 0.393. The lowest BCUT2D eigenvalue weighted by atomic mass is 10.1. The van der Waals surface area contributed by atoms with Gasteiger partial charge in [-0.25, -0.2) is 0 Å². The van der Waals surface area contributed by atoms with Gasteiger partial charge in [-0.2, -0.15) is 0 Å². The van der Waals surface area contributed by atoms with Gasteiger partial charge < -0.3 is 19.1 Å². The molecule has 0 radical (unpaired) electrons. The van der Waals surface area contributed by atoms with Crippen molar-refractivity contribution in [2.75, 3.05) is 19.5 Å². The van der Waals surface area contributed by atoms with Crippen molar-refractivity contribution in [2.24, 2.45) is 7.05 Å². The summed E-state index contributed by atoms with van der Waals surface area (Å²) in [6, 6.07) is 15.1. The van der Waals surface area contributed by atoms with Gasteiger partial charge in [-0.3, -0.25) is 4.79 Å². The highest BCUT2D eigenvalue weighted by molar-refractivity contribution is 7.99. The normalized spacial score (nSPS) is 11.9. The average Bonchev–Trinajstić information content (AvgIpc) is 3.10. The molecule has 2 aromatic carbocycles. The summed E-state index contributed by atoms with van der Waals surface area (Å²) >= 11 is 1.42. The van der Waals surface area contributed by atoms with Crippen molar-refractivity contribution in [3.63, 3.8) is 0 Å². The smallest absolute Gasteiger partial charge is 0.191 e. The Morgan fingerprint density at radius 1 is 1.17 bits per heavy atom. The molecule has 1 heterocycles. The Balaban J connectivity index is 1.53. The number of methoxy groups -OCH3 is 1. The van der Waals surface area contributed by atoms with E-state index in [1.54, 1.807) is 18.2 Å². The lowest BCUT2D eigenvalue weighted by Gasteiger charge is -2.14. The fourth-order valence-corrected chi connectivity index (χ4v) is 3.65. The van der Waals surface area contributed by atoms with Gasteiger partial charge in [0.15, 0.2) is 22.4 Å². The summed E-state index contributed by atoms with van der Waals surface area (Å²) in [4.78, 5) is 11.5. The summed E-state index contributed by atoms with van der Waals surface area (Å²) in [6.45, 7) is 1.59. The van der Waals surface area contributed by atoms with Crippen LogP contribution in [0.5, 0.6) is 11.5 Å². The minimum Gasteiger partial charge on any atom is -0.493 e. The lowest BCUT2D eigenvalue weighted by Crippen LogP contribution is -2.20. The van der Waals surface area contributed by atoms with Gasteiger partial charge in [0.1, 0.15) is 12.4 Å². The first kappa shape index (κ1) is 21.9. The third-order valence-electron chi connectivity index (χ3n) is 4.54. The van der Waals surface area contributed by atoms with Crippen molar-refractivity contribution >= 4 is 17.5 Å². The van der Waals surface area contributed by atoms with Crippen molar-refractivity contribution in [3.8, 4) is 11.5 Å². The Labute approximate surface area is 180 Å². The summed E-state index contributed by atoms with van der Waals surface area (Å²) in [5.74, 6) is 2.17. The van der Waals surface area contributed by atoms with Crippen molar-refractivity contribution in [2.45, 2.75) is 24.6 Å². The number of carbonyl (C=O) groups is 1. The molecular weight excluding hydrogens is 402 g/mol. The highest BCUT2D eigenvalue weighted by atomic mass is 32.2. The van der Waals surface area contributed by atoms with Crippen molar-refractivity contribution in [1.82, 2.24) is 14.8 Å². The molecule has 0 saturated heterocycles. The minimum absolute atomic E-state index is 0.0494. The van der Waals surface area contributed by atoms with E-state index in [4.69, 9.17) is 9.47 Å². The Morgan fingerprint density at radius 2 is 1.93 bits per heavy atom. The molecule has 0 aliphatic heterocycles. The van der Waals surface area contributed by atoms with Gasteiger partial charge in [0.2, 0.25) is 0 Å². The number of hydrogen-bond donors (Lipinski definition) is 1. The molecule has 158 valence electrons. The summed E-state index contributed by atoms with van der Waals surface area (Å²) in [7, 11) is 3.43. The molecule has 7 nitrogen and oxygen atoms in total. The van der Waals surface area contributed by atoms with Crippen LogP contribution in [0, 0.1) is 0 Å². The number of aliphatic hydroxyl groups excluding tert-OH is 1. The first-order valence-electron chi connectivity index (χ1n) is 9.52. The van der Waals surface area contributed by atoms with E-state index < -0.39 is 6.10 Å². The topological polar surface area (TPSA) is 86.5 Å². The van der Waals surface area contributed by atoms with Crippen LogP contribution in [0.3, 0.4) is 0 Å². The average molecular weight is 428 g/mol. The molecule has 1 unspecified atom stereocenters. The molecule has 8 heteroatoms. The zero-order chi connectivity index (χ0) is 21.5. The van der Waals surface area contributed by atoms with Crippen LogP contribution < -0.4 is 9.47 Å². The van der Waals surface area contributed by atoms with Crippen molar-refractivity contribution in [3.05, 3.63) is 65.5 Å². The molecule has 1 aromatic heterocycles. The monoisotopic (exact) mass is 427 g/mol. The van der Waals surface area contributed by atoms with Crippen molar-refractivity contribution in [1.29, 1.82) is 0 Å². The van der Waals surface area contributed by atoms with E-state index in [1.165, 1.54) is 31.4 Å². The highest BCUT2D eigenvalue weighted by Crippen LogP contribution is 2.28. The molecule has 0 aliphatic carbocycles. The molecule has 0 amide bonds. The van der Waals surface area contributed by atoms with Gasteiger partial charge in [0, 0.05) is 24.8 Å². The summed E-state index contributed by atoms with van der Waals surface area (Å²) in [5, 5.41) is 19.5. The molecule has 30 heavy (non-hydrogen) atoms. The maximum atomic E-state index is 11.5. The summed E-state index contributed by atoms with van der Waals surface area (Å²) < 4.78 is 12.9. The molecule has 0 aliphatic rings. The third kappa shape index (κ3) is 5.61. The number of Topliss-reactive ketones (excluding diaryl/α,β-unsaturated/α-hetero) is 1. The maximum absolute atomic E-state index is 11.5. The Kier molecular flexibility index (Phi) is 7.48. The predicted molar refractivity (Wildman–Crippen MR) is 115 cm³/mol. The van der Waals surface area contributed by atoms with Gasteiger partial charge in [-0.1, -0.05) is 42.1 Å². The second-order valence-electron chi connectivity index (χ2n) is 6.82. The molecule has 0 bridgehead atoms. The van der Waals surface area contributed by atoms with Crippen LogP contribution in [0.4, 0.5) is 0 Å². The van der Waals surface area contributed by atoms with Crippen LogP contribution in [-0.4, -0.2) is 51.2 Å². The van der Waals surface area contributed by atoms with Crippen LogP contribution in [0.25, 0.3) is 0 Å². The number of benzene rings is 2. The number of aromatic nitrogens is 3. The van der Waals surface area contributed by atoms with Crippen LogP contribution in [0.15, 0.2) is 53.7 Å². The molecular formula is C22H25N3O4S. The molecule has 3 aromatic rings. The van der Waals surface area contributed by atoms with E-state index in [2.05, 4.69) is 22.3 Å².